The summed E-state index contributed by atoms with van der Waals surface area (Å²) in [5, 5.41) is 5.30. The predicted octanol–water partition coefficient (Wildman–Crippen LogP) is -0.438. The van der Waals surface area contributed by atoms with Crippen LogP contribution in [0.25, 0.3) is 0 Å². The SMILES string of the molecule is CCC1(CC)NC(=O)N(CC(=O)NCCCN)C1=O. The third kappa shape index (κ3) is 3.23. The minimum atomic E-state index is -0.853. The van der Waals surface area contributed by atoms with Gasteiger partial charge in [0.1, 0.15) is 12.1 Å². The van der Waals surface area contributed by atoms with Crippen LogP contribution in [0.1, 0.15) is 33.1 Å². The number of hydrogen-bond donors (Lipinski definition) is 3. The van der Waals surface area contributed by atoms with E-state index >= 15 is 0 Å². The maximum atomic E-state index is 12.2. The first-order chi connectivity index (χ1) is 9.00. The van der Waals surface area contributed by atoms with Gasteiger partial charge in [-0.05, 0) is 25.8 Å². The zero-order chi connectivity index (χ0) is 14.5. The Morgan fingerprint density at radius 1 is 1.37 bits per heavy atom. The van der Waals surface area contributed by atoms with Crippen LogP contribution in [0.15, 0.2) is 0 Å². The Kier molecular flexibility index (Phi) is 5.29. The number of nitrogens with two attached hydrogens (primary N) is 1. The molecule has 1 aliphatic heterocycles. The number of nitrogens with zero attached hydrogens (tertiary/aromatic N) is 1. The quantitative estimate of drug-likeness (QED) is 0.431. The van der Waals surface area contributed by atoms with E-state index in [1.165, 1.54) is 0 Å². The molecule has 1 rings (SSSR count). The number of nitrogens with one attached hydrogen (secondary N) is 2. The summed E-state index contributed by atoms with van der Waals surface area (Å²) in [6, 6.07) is -0.498. The van der Waals surface area contributed by atoms with E-state index in [0.29, 0.717) is 32.4 Å². The summed E-state index contributed by atoms with van der Waals surface area (Å²) >= 11 is 0. The predicted molar refractivity (Wildman–Crippen MR) is 70.2 cm³/mol. The molecule has 1 heterocycles. The molecule has 1 saturated heterocycles. The van der Waals surface area contributed by atoms with Gasteiger partial charge in [0, 0.05) is 6.54 Å². The fraction of sp³-hybridized carbons (Fsp3) is 0.750. The van der Waals surface area contributed by atoms with Crippen molar-refractivity contribution in [3.8, 4) is 0 Å². The molecule has 108 valence electrons. The summed E-state index contributed by atoms with van der Waals surface area (Å²) in [7, 11) is 0. The Morgan fingerprint density at radius 2 is 2.00 bits per heavy atom. The topological polar surface area (TPSA) is 105 Å². The highest BCUT2D eigenvalue weighted by atomic mass is 16.2. The number of carbonyl (C=O) groups excluding carboxylic acids is 3. The van der Waals surface area contributed by atoms with E-state index in [9.17, 15) is 14.4 Å². The fourth-order valence-corrected chi connectivity index (χ4v) is 2.08. The van der Waals surface area contributed by atoms with Gasteiger partial charge in [-0.3, -0.25) is 14.5 Å². The molecule has 0 aliphatic carbocycles. The Morgan fingerprint density at radius 3 is 2.47 bits per heavy atom. The molecular weight excluding hydrogens is 248 g/mol. The molecule has 4 amide bonds. The lowest BCUT2D eigenvalue weighted by molar-refractivity contribution is -0.135. The molecule has 0 aromatic heterocycles. The van der Waals surface area contributed by atoms with Crippen molar-refractivity contribution in [2.75, 3.05) is 19.6 Å². The van der Waals surface area contributed by atoms with Gasteiger partial charge in [-0.25, -0.2) is 4.79 Å². The van der Waals surface area contributed by atoms with Gasteiger partial charge in [0.2, 0.25) is 5.91 Å². The molecule has 7 nitrogen and oxygen atoms in total. The summed E-state index contributed by atoms with van der Waals surface area (Å²) in [5.41, 5.74) is 4.46. The zero-order valence-corrected chi connectivity index (χ0v) is 11.5. The van der Waals surface area contributed by atoms with Gasteiger partial charge in [0.15, 0.2) is 0 Å². The highest BCUT2D eigenvalue weighted by Crippen LogP contribution is 2.24. The molecular formula is C12H22N4O3. The van der Waals surface area contributed by atoms with E-state index in [1.54, 1.807) is 0 Å². The second-order valence-corrected chi connectivity index (χ2v) is 4.60. The number of carbonyl (C=O) groups is 3. The Bertz CT molecular complexity index is 366. The number of urea groups is 1. The molecule has 0 spiro atoms. The van der Waals surface area contributed by atoms with Gasteiger partial charge in [-0.2, -0.15) is 0 Å². The van der Waals surface area contributed by atoms with Crippen molar-refractivity contribution >= 4 is 17.8 Å². The van der Waals surface area contributed by atoms with Crippen molar-refractivity contribution in [1.29, 1.82) is 0 Å². The molecule has 0 unspecified atom stereocenters. The van der Waals surface area contributed by atoms with Crippen molar-refractivity contribution in [3.63, 3.8) is 0 Å². The molecule has 19 heavy (non-hydrogen) atoms. The van der Waals surface area contributed by atoms with Crippen molar-refractivity contribution < 1.29 is 14.4 Å². The van der Waals surface area contributed by atoms with E-state index in [1.807, 2.05) is 13.8 Å². The number of hydrogen-bond acceptors (Lipinski definition) is 4. The third-order valence-electron chi connectivity index (χ3n) is 3.46. The minimum absolute atomic E-state index is 0.239. The first kappa shape index (κ1) is 15.4. The number of amides is 4. The van der Waals surface area contributed by atoms with Crippen molar-refractivity contribution in [2.24, 2.45) is 5.73 Å². The van der Waals surface area contributed by atoms with Gasteiger partial charge in [0.25, 0.3) is 5.91 Å². The third-order valence-corrected chi connectivity index (χ3v) is 3.46. The second-order valence-electron chi connectivity index (χ2n) is 4.60. The van der Waals surface area contributed by atoms with Crippen molar-refractivity contribution in [2.45, 2.75) is 38.6 Å². The number of imide groups is 1. The molecule has 1 aliphatic rings. The average Bonchev–Trinajstić information content (AvgIpc) is 2.64. The molecule has 0 saturated carbocycles. The van der Waals surface area contributed by atoms with Gasteiger partial charge in [-0.15, -0.1) is 0 Å². The van der Waals surface area contributed by atoms with Crippen LogP contribution >= 0.6 is 0 Å². The lowest BCUT2D eigenvalue weighted by Crippen LogP contribution is -2.46. The van der Waals surface area contributed by atoms with Crippen molar-refractivity contribution in [3.05, 3.63) is 0 Å². The molecule has 0 aromatic rings. The highest BCUT2D eigenvalue weighted by molar-refractivity contribution is 6.08. The normalized spacial score (nSPS) is 17.5. The summed E-state index contributed by atoms with van der Waals surface area (Å²) in [6.07, 6.45) is 1.69. The molecule has 0 bridgehead atoms. The minimum Gasteiger partial charge on any atom is -0.354 e. The first-order valence-electron chi connectivity index (χ1n) is 6.61. The highest BCUT2D eigenvalue weighted by Gasteiger charge is 2.49. The largest absolute Gasteiger partial charge is 0.354 e. The summed E-state index contributed by atoms with van der Waals surface area (Å²) < 4.78 is 0. The summed E-state index contributed by atoms with van der Waals surface area (Å²) in [6.45, 7) is 4.37. The van der Waals surface area contributed by atoms with Crippen molar-refractivity contribution in [1.82, 2.24) is 15.5 Å². The molecule has 0 radical (unpaired) electrons. The van der Waals surface area contributed by atoms with Gasteiger partial charge in [-0.1, -0.05) is 13.8 Å². The molecule has 0 aromatic carbocycles. The van der Waals surface area contributed by atoms with Crippen LogP contribution in [0, 0.1) is 0 Å². The molecule has 7 heteroatoms. The van der Waals surface area contributed by atoms with Crippen LogP contribution in [-0.2, 0) is 9.59 Å². The van der Waals surface area contributed by atoms with E-state index in [-0.39, 0.29) is 18.4 Å². The van der Waals surface area contributed by atoms with E-state index in [4.69, 9.17) is 5.73 Å². The maximum Gasteiger partial charge on any atom is 0.325 e. The Balaban J connectivity index is 2.62. The Labute approximate surface area is 112 Å². The lowest BCUT2D eigenvalue weighted by Gasteiger charge is -2.22. The molecule has 1 fully saturated rings. The second kappa shape index (κ2) is 6.51. The average molecular weight is 270 g/mol. The monoisotopic (exact) mass is 270 g/mol. The van der Waals surface area contributed by atoms with E-state index < -0.39 is 11.6 Å². The molecule has 4 N–H and O–H groups in total. The van der Waals surface area contributed by atoms with Crippen LogP contribution in [0.5, 0.6) is 0 Å². The zero-order valence-electron chi connectivity index (χ0n) is 11.5. The van der Waals surface area contributed by atoms with Gasteiger partial charge >= 0.3 is 6.03 Å². The summed E-state index contributed by atoms with van der Waals surface area (Å²) in [4.78, 5) is 36.6. The van der Waals surface area contributed by atoms with Crippen LogP contribution in [0.2, 0.25) is 0 Å². The van der Waals surface area contributed by atoms with E-state index in [0.717, 1.165) is 4.90 Å². The van der Waals surface area contributed by atoms with Crippen LogP contribution in [0.3, 0.4) is 0 Å². The Hall–Kier alpha value is -1.63. The summed E-state index contributed by atoms with van der Waals surface area (Å²) in [5.74, 6) is -0.670. The van der Waals surface area contributed by atoms with Gasteiger partial charge < -0.3 is 16.4 Å². The first-order valence-corrected chi connectivity index (χ1v) is 6.61. The smallest absolute Gasteiger partial charge is 0.325 e. The van der Waals surface area contributed by atoms with Crippen LogP contribution in [0.4, 0.5) is 4.79 Å². The standard InChI is InChI=1S/C12H22N4O3/c1-3-12(4-2)10(18)16(11(19)15-12)8-9(17)14-7-5-6-13/h3-8,13H2,1-2H3,(H,14,17)(H,15,19). The van der Waals surface area contributed by atoms with E-state index in [2.05, 4.69) is 10.6 Å². The number of rotatable bonds is 7. The fourth-order valence-electron chi connectivity index (χ4n) is 2.08. The molecule has 0 atom stereocenters. The van der Waals surface area contributed by atoms with Gasteiger partial charge in [0.05, 0.1) is 0 Å². The van der Waals surface area contributed by atoms with Crippen LogP contribution in [-0.4, -0.2) is 47.9 Å². The lowest BCUT2D eigenvalue weighted by atomic mass is 9.93. The maximum absolute atomic E-state index is 12.2. The van der Waals surface area contributed by atoms with Crippen LogP contribution < -0.4 is 16.4 Å².